The Bertz CT molecular complexity index is 188. The van der Waals surface area contributed by atoms with Crippen molar-refractivity contribution >= 4 is 11.9 Å². The van der Waals surface area contributed by atoms with E-state index >= 15 is 0 Å². The van der Waals surface area contributed by atoms with Crippen LogP contribution in [0.1, 0.15) is 48.9 Å². The van der Waals surface area contributed by atoms with E-state index in [4.69, 9.17) is 5.11 Å². The Morgan fingerprint density at radius 3 is 1.93 bits per heavy atom. The van der Waals surface area contributed by atoms with Gasteiger partial charge in [-0.1, -0.05) is 13.8 Å². The molecule has 0 saturated heterocycles. The maximum atomic E-state index is 11.0. The summed E-state index contributed by atoms with van der Waals surface area (Å²) in [7, 11) is 0. The predicted molar refractivity (Wildman–Crippen MR) is 58.2 cm³/mol. The fraction of sp³-hybridized carbons (Fsp3) is 0.800. The van der Waals surface area contributed by atoms with E-state index in [1.54, 1.807) is 0 Å². The fourth-order valence-electron chi connectivity index (χ4n) is 0.701. The summed E-state index contributed by atoms with van der Waals surface area (Å²) in [5, 5.41) is 11.0. The first-order valence-electron chi connectivity index (χ1n) is 4.84. The number of carboxylic acids is 1. The molecule has 14 heavy (non-hydrogen) atoms. The lowest BCUT2D eigenvalue weighted by atomic mass is 10.1. The molecule has 0 atom stereocenters. The zero-order valence-corrected chi connectivity index (χ0v) is 9.68. The smallest absolute Gasteiger partial charge is 0.303 e. The highest BCUT2D eigenvalue weighted by atomic mass is 16.4. The predicted octanol–water partition coefficient (Wildman–Crippen LogP) is 2.04. The normalized spacial score (nSPS) is 9.79. The molecular weight excluding hydrogens is 182 g/mol. The molecule has 86 valence electrons. The molecule has 0 aromatic rings. The Kier molecular flexibility index (Phi) is 8.10. The minimum Gasteiger partial charge on any atom is -0.481 e. The first kappa shape index (κ1) is 15.4. The van der Waals surface area contributed by atoms with Crippen molar-refractivity contribution in [3.63, 3.8) is 0 Å². The van der Waals surface area contributed by atoms with Crippen LogP contribution in [0.3, 0.4) is 0 Å². The summed E-state index contributed by atoms with van der Waals surface area (Å²) in [6.45, 7) is 9.56. The van der Waals surface area contributed by atoms with Gasteiger partial charge in [-0.3, -0.25) is 9.59 Å². The van der Waals surface area contributed by atoms with Gasteiger partial charge in [-0.15, -0.1) is 0 Å². The van der Waals surface area contributed by atoms with Crippen LogP contribution in [-0.4, -0.2) is 22.5 Å². The van der Waals surface area contributed by atoms with E-state index in [-0.39, 0.29) is 25.7 Å². The van der Waals surface area contributed by atoms with Gasteiger partial charge in [0.1, 0.15) is 0 Å². The number of nitrogens with one attached hydrogen (secondary N) is 1. The van der Waals surface area contributed by atoms with Crippen LogP contribution in [0, 0.1) is 0 Å². The number of hydrogen-bond donors (Lipinski definition) is 2. The van der Waals surface area contributed by atoms with Gasteiger partial charge < -0.3 is 10.4 Å². The Balaban J connectivity index is -0.000000449. The lowest BCUT2D eigenvalue weighted by Gasteiger charge is -2.20. The summed E-state index contributed by atoms with van der Waals surface area (Å²) in [4.78, 5) is 21.1. The molecule has 1 amide bonds. The average molecular weight is 205 g/mol. The van der Waals surface area contributed by atoms with Crippen molar-refractivity contribution in [1.29, 1.82) is 0 Å². The van der Waals surface area contributed by atoms with Crippen LogP contribution >= 0.6 is 0 Å². The topological polar surface area (TPSA) is 66.4 Å². The maximum Gasteiger partial charge on any atom is 0.303 e. The van der Waals surface area contributed by atoms with Crippen molar-refractivity contribution in [2.24, 2.45) is 0 Å². The summed E-state index contributed by atoms with van der Waals surface area (Å²) in [5.74, 6) is -1.16. The van der Waals surface area contributed by atoms with Crippen molar-refractivity contribution < 1.29 is 16.1 Å². The van der Waals surface area contributed by atoms with Gasteiger partial charge in [-0.2, -0.15) is 0 Å². The molecule has 0 aliphatic heterocycles. The van der Waals surface area contributed by atoms with E-state index in [9.17, 15) is 9.59 Å². The molecule has 0 fully saturated rings. The van der Waals surface area contributed by atoms with Crippen LogP contribution in [-0.2, 0) is 9.59 Å². The summed E-state index contributed by atoms with van der Waals surface area (Å²) >= 11 is 0. The number of hydrogen-bond acceptors (Lipinski definition) is 2. The molecule has 0 heterocycles. The third-order valence-electron chi connectivity index (χ3n) is 1.08. The van der Waals surface area contributed by atoms with Gasteiger partial charge in [0, 0.05) is 13.4 Å². The molecule has 0 aliphatic rings. The second-order valence-electron chi connectivity index (χ2n) is 3.69. The zero-order chi connectivity index (χ0) is 11.8. The van der Waals surface area contributed by atoms with Crippen molar-refractivity contribution in [1.82, 2.24) is 5.32 Å². The minimum absolute atomic E-state index is 0. The van der Waals surface area contributed by atoms with E-state index in [1.165, 1.54) is 0 Å². The van der Waals surface area contributed by atoms with E-state index in [0.29, 0.717) is 0 Å². The van der Waals surface area contributed by atoms with Crippen molar-refractivity contribution in [2.45, 2.75) is 53.0 Å². The molecule has 0 aromatic carbocycles. The van der Waals surface area contributed by atoms with Crippen molar-refractivity contribution in [3.8, 4) is 0 Å². The SMILES string of the molecule is CC.CC(C)(C)NC(=O)CCC(=O)O.[HH]. The lowest BCUT2D eigenvalue weighted by Crippen LogP contribution is -2.40. The van der Waals surface area contributed by atoms with Crippen LogP contribution in [0.2, 0.25) is 0 Å². The summed E-state index contributed by atoms with van der Waals surface area (Å²) in [6.07, 6.45) is -0.0610. The number of carbonyl (C=O) groups excluding carboxylic acids is 1. The second kappa shape index (κ2) is 7.35. The fourth-order valence-corrected chi connectivity index (χ4v) is 0.701. The molecule has 0 bridgehead atoms. The maximum absolute atomic E-state index is 11.0. The first-order valence-corrected chi connectivity index (χ1v) is 4.84. The van der Waals surface area contributed by atoms with Gasteiger partial charge in [0.05, 0.1) is 6.42 Å². The summed E-state index contributed by atoms with van der Waals surface area (Å²) in [6, 6.07) is 0. The Morgan fingerprint density at radius 2 is 1.64 bits per heavy atom. The Morgan fingerprint density at radius 1 is 1.21 bits per heavy atom. The third-order valence-corrected chi connectivity index (χ3v) is 1.08. The molecule has 2 N–H and O–H groups in total. The molecule has 0 aromatic heterocycles. The summed E-state index contributed by atoms with van der Waals surface area (Å²) in [5.41, 5.74) is -0.282. The highest BCUT2D eigenvalue weighted by Crippen LogP contribution is 2.00. The molecule has 0 saturated carbocycles. The zero-order valence-electron chi connectivity index (χ0n) is 9.68. The number of aliphatic carboxylic acids is 1. The largest absolute Gasteiger partial charge is 0.481 e. The number of carboxylic acid groups (broad SMARTS) is 1. The van der Waals surface area contributed by atoms with Gasteiger partial charge in [0.15, 0.2) is 0 Å². The highest BCUT2D eigenvalue weighted by Gasteiger charge is 2.13. The molecule has 0 radical (unpaired) electrons. The third kappa shape index (κ3) is 13.5. The van der Waals surface area contributed by atoms with Crippen molar-refractivity contribution in [3.05, 3.63) is 0 Å². The van der Waals surface area contributed by atoms with E-state index in [1.807, 2.05) is 34.6 Å². The van der Waals surface area contributed by atoms with Gasteiger partial charge >= 0.3 is 5.97 Å². The molecule has 0 rings (SSSR count). The molecule has 4 nitrogen and oxygen atoms in total. The Hall–Kier alpha value is -1.06. The molecule has 0 spiro atoms. The number of carbonyl (C=O) groups is 2. The quantitative estimate of drug-likeness (QED) is 0.741. The standard InChI is InChI=1S/C8H15NO3.C2H6.H2/c1-8(2,3)9-6(10)4-5-7(11)12;1-2;/h4-5H2,1-3H3,(H,9,10)(H,11,12);1-2H3;1H. The minimum atomic E-state index is -0.945. The number of rotatable bonds is 3. The monoisotopic (exact) mass is 205 g/mol. The van der Waals surface area contributed by atoms with E-state index in [0.717, 1.165) is 0 Å². The Labute approximate surface area is 87.2 Å². The van der Waals surface area contributed by atoms with Gasteiger partial charge in [0.25, 0.3) is 0 Å². The first-order chi connectivity index (χ1) is 6.31. The molecule has 0 aliphatic carbocycles. The van der Waals surface area contributed by atoms with Crippen LogP contribution < -0.4 is 5.32 Å². The average Bonchev–Trinajstić information content (AvgIpc) is 2.02. The van der Waals surface area contributed by atoms with Crippen LogP contribution in [0.4, 0.5) is 0 Å². The lowest BCUT2D eigenvalue weighted by molar-refractivity contribution is -0.139. The van der Waals surface area contributed by atoms with Crippen LogP contribution in [0.15, 0.2) is 0 Å². The van der Waals surface area contributed by atoms with E-state index in [2.05, 4.69) is 5.32 Å². The second-order valence-corrected chi connectivity index (χ2v) is 3.69. The van der Waals surface area contributed by atoms with Gasteiger partial charge in [-0.05, 0) is 20.8 Å². The van der Waals surface area contributed by atoms with Crippen LogP contribution in [0.5, 0.6) is 0 Å². The van der Waals surface area contributed by atoms with E-state index < -0.39 is 5.97 Å². The molecule has 4 heteroatoms. The highest BCUT2D eigenvalue weighted by molar-refractivity contribution is 5.81. The summed E-state index contributed by atoms with van der Waals surface area (Å²) < 4.78 is 0. The van der Waals surface area contributed by atoms with Gasteiger partial charge in [-0.25, -0.2) is 0 Å². The van der Waals surface area contributed by atoms with Crippen molar-refractivity contribution in [2.75, 3.05) is 0 Å². The molecule has 0 unspecified atom stereocenters. The number of amides is 1. The van der Waals surface area contributed by atoms with Crippen LogP contribution in [0.25, 0.3) is 0 Å². The van der Waals surface area contributed by atoms with Gasteiger partial charge in [0.2, 0.25) is 5.91 Å². The molecular formula is C10H23NO3.